The van der Waals surface area contributed by atoms with E-state index in [9.17, 15) is 4.39 Å². The van der Waals surface area contributed by atoms with E-state index in [2.05, 4.69) is 23.0 Å². The van der Waals surface area contributed by atoms with Gasteiger partial charge in [-0.25, -0.2) is 4.39 Å². The summed E-state index contributed by atoms with van der Waals surface area (Å²) in [6.07, 6.45) is 3.04. The Kier molecular flexibility index (Phi) is 8.03. The molecular formula is C17H24Cl2FN3. The second-order valence-corrected chi connectivity index (χ2v) is 5.71. The van der Waals surface area contributed by atoms with Gasteiger partial charge in [-0.15, -0.1) is 24.8 Å². The predicted molar refractivity (Wildman–Crippen MR) is 96.4 cm³/mol. The lowest BCUT2D eigenvalue weighted by atomic mass is 9.94. The maximum absolute atomic E-state index is 13.3. The molecule has 3 rings (SSSR count). The van der Waals surface area contributed by atoms with E-state index in [4.69, 9.17) is 5.10 Å². The SMILES string of the molecule is CCn1nc(Cc2cccc(F)c2)cc1C1CCNCC1.Cl.Cl. The van der Waals surface area contributed by atoms with E-state index >= 15 is 0 Å². The number of piperidine rings is 1. The number of aryl methyl sites for hydroxylation is 1. The zero-order valence-corrected chi connectivity index (χ0v) is 14.9. The lowest BCUT2D eigenvalue weighted by Crippen LogP contribution is -2.27. The highest BCUT2D eigenvalue weighted by Gasteiger charge is 2.20. The van der Waals surface area contributed by atoms with E-state index in [1.54, 1.807) is 12.1 Å². The topological polar surface area (TPSA) is 29.9 Å². The zero-order valence-electron chi connectivity index (χ0n) is 13.3. The van der Waals surface area contributed by atoms with Crippen molar-refractivity contribution in [3.63, 3.8) is 0 Å². The smallest absolute Gasteiger partial charge is 0.123 e. The van der Waals surface area contributed by atoms with Crippen molar-refractivity contribution in [3.8, 4) is 0 Å². The first-order valence-electron chi connectivity index (χ1n) is 7.78. The summed E-state index contributed by atoms with van der Waals surface area (Å²) in [4.78, 5) is 0. The Morgan fingerprint density at radius 2 is 1.96 bits per heavy atom. The van der Waals surface area contributed by atoms with Gasteiger partial charge in [0.05, 0.1) is 5.69 Å². The van der Waals surface area contributed by atoms with E-state index in [1.807, 2.05) is 6.07 Å². The van der Waals surface area contributed by atoms with Crippen LogP contribution >= 0.6 is 24.8 Å². The number of rotatable bonds is 4. The summed E-state index contributed by atoms with van der Waals surface area (Å²) in [5, 5.41) is 8.11. The molecule has 128 valence electrons. The molecule has 1 aromatic heterocycles. The van der Waals surface area contributed by atoms with Gasteiger partial charge in [0.15, 0.2) is 0 Å². The third-order valence-corrected chi connectivity index (χ3v) is 4.19. The normalized spacial score (nSPS) is 14.9. The van der Waals surface area contributed by atoms with Crippen molar-refractivity contribution in [2.24, 2.45) is 0 Å². The largest absolute Gasteiger partial charge is 0.317 e. The first-order valence-corrected chi connectivity index (χ1v) is 7.78. The first-order chi connectivity index (χ1) is 10.3. The van der Waals surface area contributed by atoms with E-state index in [0.29, 0.717) is 12.3 Å². The Morgan fingerprint density at radius 1 is 1.22 bits per heavy atom. The summed E-state index contributed by atoms with van der Waals surface area (Å²) >= 11 is 0. The van der Waals surface area contributed by atoms with E-state index in [-0.39, 0.29) is 30.6 Å². The molecule has 2 heterocycles. The summed E-state index contributed by atoms with van der Waals surface area (Å²) in [7, 11) is 0. The van der Waals surface area contributed by atoms with Gasteiger partial charge in [0, 0.05) is 24.6 Å². The van der Waals surface area contributed by atoms with Crippen molar-refractivity contribution in [1.29, 1.82) is 0 Å². The van der Waals surface area contributed by atoms with Crippen LogP contribution in [0.1, 0.15) is 42.6 Å². The Balaban J connectivity index is 0.00000132. The van der Waals surface area contributed by atoms with Crippen LogP contribution in [-0.4, -0.2) is 22.9 Å². The summed E-state index contributed by atoms with van der Waals surface area (Å²) in [6, 6.07) is 9.00. The molecule has 1 saturated heterocycles. The number of halogens is 3. The molecule has 1 aliphatic rings. The Hall–Kier alpha value is -1.10. The molecule has 3 nitrogen and oxygen atoms in total. The molecule has 0 bridgehead atoms. The molecule has 1 N–H and O–H groups in total. The van der Waals surface area contributed by atoms with Crippen LogP contribution in [-0.2, 0) is 13.0 Å². The molecule has 0 atom stereocenters. The predicted octanol–water partition coefficient (Wildman–Crippen LogP) is 3.94. The van der Waals surface area contributed by atoms with Crippen LogP contribution in [0.25, 0.3) is 0 Å². The highest BCUT2D eigenvalue weighted by Crippen LogP contribution is 2.26. The Morgan fingerprint density at radius 3 is 2.61 bits per heavy atom. The average molecular weight is 360 g/mol. The molecular weight excluding hydrogens is 336 g/mol. The van der Waals surface area contributed by atoms with Crippen molar-refractivity contribution in [2.45, 2.75) is 38.6 Å². The quantitative estimate of drug-likeness (QED) is 0.895. The van der Waals surface area contributed by atoms with Crippen molar-refractivity contribution in [3.05, 3.63) is 53.1 Å². The fourth-order valence-electron chi connectivity index (χ4n) is 3.13. The van der Waals surface area contributed by atoms with Crippen LogP contribution in [0.4, 0.5) is 4.39 Å². The molecule has 2 aromatic rings. The average Bonchev–Trinajstić information content (AvgIpc) is 2.91. The van der Waals surface area contributed by atoms with Crippen LogP contribution < -0.4 is 5.32 Å². The minimum absolute atomic E-state index is 0. The van der Waals surface area contributed by atoms with E-state index in [0.717, 1.165) is 30.9 Å². The monoisotopic (exact) mass is 359 g/mol. The van der Waals surface area contributed by atoms with Gasteiger partial charge in [-0.3, -0.25) is 4.68 Å². The van der Waals surface area contributed by atoms with Gasteiger partial charge in [0.25, 0.3) is 0 Å². The minimum atomic E-state index is -0.180. The zero-order chi connectivity index (χ0) is 14.7. The molecule has 0 saturated carbocycles. The first kappa shape index (κ1) is 19.9. The molecule has 6 heteroatoms. The molecule has 0 radical (unpaired) electrons. The van der Waals surface area contributed by atoms with Crippen LogP contribution in [0, 0.1) is 5.82 Å². The molecule has 0 amide bonds. The lowest BCUT2D eigenvalue weighted by molar-refractivity contribution is 0.432. The number of hydrogen-bond acceptors (Lipinski definition) is 2. The summed E-state index contributed by atoms with van der Waals surface area (Å²) in [5.41, 5.74) is 3.36. The van der Waals surface area contributed by atoms with Gasteiger partial charge in [-0.1, -0.05) is 12.1 Å². The highest BCUT2D eigenvalue weighted by atomic mass is 35.5. The highest BCUT2D eigenvalue weighted by molar-refractivity contribution is 5.85. The molecule has 1 aromatic carbocycles. The Bertz CT molecular complexity index is 610. The number of hydrogen-bond donors (Lipinski definition) is 1. The standard InChI is InChI=1S/C17H22FN3.2ClH/c1-2-21-17(14-6-8-19-9-7-14)12-16(20-21)11-13-4-3-5-15(18)10-13;;/h3-5,10,12,14,19H,2,6-9,11H2,1H3;2*1H. The fraction of sp³-hybridized carbons (Fsp3) is 0.471. The molecule has 0 aliphatic carbocycles. The van der Waals surface area contributed by atoms with Crippen LogP contribution in [0.3, 0.4) is 0 Å². The summed E-state index contributed by atoms with van der Waals surface area (Å²) in [6.45, 7) is 5.18. The second kappa shape index (κ2) is 9.26. The van der Waals surface area contributed by atoms with Gasteiger partial charge in [0.1, 0.15) is 5.82 Å². The van der Waals surface area contributed by atoms with Crippen molar-refractivity contribution in [1.82, 2.24) is 15.1 Å². The minimum Gasteiger partial charge on any atom is -0.317 e. The molecule has 0 unspecified atom stereocenters. The third kappa shape index (κ3) is 4.93. The van der Waals surface area contributed by atoms with Crippen molar-refractivity contribution < 1.29 is 4.39 Å². The molecule has 0 spiro atoms. The van der Waals surface area contributed by atoms with Gasteiger partial charge < -0.3 is 5.32 Å². The maximum Gasteiger partial charge on any atom is 0.123 e. The number of nitrogens with one attached hydrogen (secondary N) is 1. The van der Waals surface area contributed by atoms with E-state index in [1.165, 1.54) is 24.6 Å². The number of nitrogens with zero attached hydrogens (tertiary/aromatic N) is 2. The Labute approximate surface area is 149 Å². The third-order valence-electron chi connectivity index (χ3n) is 4.19. The van der Waals surface area contributed by atoms with Gasteiger partial charge in [-0.05, 0) is 56.6 Å². The number of benzene rings is 1. The van der Waals surface area contributed by atoms with Gasteiger partial charge >= 0.3 is 0 Å². The van der Waals surface area contributed by atoms with Gasteiger partial charge in [0.2, 0.25) is 0 Å². The second-order valence-electron chi connectivity index (χ2n) is 5.71. The van der Waals surface area contributed by atoms with Gasteiger partial charge in [-0.2, -0.15) is 5.10 Å². The number of aromatic nitrogens is 2. The lowest BCUT2D eigenvalue weighted by Gasteiger charge is -2.23. The maximum atomic E-state index is 13.3. The van der Waals surface area contributed by atoms with Crippen LogP contribution in [0.15, 0.2) is 30.3 Å². The van der Waals surface area contributed by atoms with E-state index < -0.39 is 0 Å². The van der Waals surface area contributed by atoms with Crippen molar-refractivity contribution >= 4 is 24.8 Å². The fourth-order valence-corrected chi connectivity index (χ4v) is 3.13. The summed E-state index contributed by atoms with van der Waals surface area (Å²) < 4.78 is 15.4. The van der Waals surface area contributed by atoms with Crippen LogP contribution in [0.5, 0.6) is 0 Å². The molecule has 1 aliphatic heterocycles. The van der Waals surface area contributed by atoms with Crippen molar-refractivity contribution in [2.75, 3.05) is 13.1 Å². The summed E-state index contributed by atoms with van der Waals surface area (Å²) in [5.74, 6) is 0.418. The molecule has 23 heavy (non-hydrogen) atoms. The molecule has 1 fully saturated rings. The van der Waals surface area contributed by atoms with Crippen LogP contribution in [0.2, 0.25) is 0 Å².